The molecule has 204 valence electrons. The van der Waals surface area contributed by atoms with Crippen molar-refractivity contribution in [3.05, 3.63) is 116 Å². The summed E-state index contributed by atoms with van der Waals surface area (Å²) in [6.07, 6.45) is 1.08. The van der Waals surface area contributed by atoms with Crippen molar-refractivity contribution >= 4 is 23.1 Å². The number of hydrogen-bond acceptors (Lipinski definition) is 5. The number of nitrogens with two attached hydrogens (primary N) is 1. The number of anilines is 1. The number of halogens is 1. The van der Waals surface area contributed by atoms with Crippen molar-refractivity contribution in [3.63, 3.8) is 0 Å². The highest BCUT2D eigenvalue weighted by Gasteiger charge is 2.45. The Balaban J connectivity index is 1.67. The molecule has 0 radical (unpaired) electrons. The van der Waals surface area contributed by atoms with E-state index in [1.54, 1.807) is 6.07 Å². The van der Waals surface area contributed by atoms with Crippen molar-refractivity contribution in [3.8, 4) is 11.8 Å². The Morgan fingerprint density at radius 1 is 1.05 bits per heavy atom. The van der Waals surface area contributed by atoms with Crippen LogP contribution in [0.5, 0.6) is 5.75 Å². The van der Waals surface area contributed by atoms with Crippen LogP contribution >= 0.6 is 11.6 Å². The molecule has 1 aliphatic carbocycles. The predicted octanol–water partition coefficient (Wildman–Crippen LogP) is 7.79. The van der Waals surface area contributed by atoms with E-state index in [-0.39, 0.29) is 11.2 Å². The minimum absolute atomic E-state index is 0.0583. The molecular weight excluding hydrogens is 518 g/mol. The van der Waals surface area contributed by atoms with Crippen LogP contribution in [0.4, 0.5) is 5.69 Å². The van der Waals surface area contributed by atoms with Crippen LogP contribution in [0.2, 0.25) is 5.02 Å². The summed E-state index contributed by atoms with van der Waals surface area (Å²) in [6.45, 7) is 10.6. The Hall–Kier alpha value is -4.01. The fraction of sp³-hybridized carbons (Fsp3) is 0.294. The maximum Gasteiger partial charge on any atom is 0.162 e. The van der Waals surface area contributed by atoms with Gasteiger partial charge in [-0.05, 0) is 84.7 Å². The summed E-state index contributed by atoms with van der Waals surface area (Å²) in [6, 6.07) is 22.0. The van der Waals surface area contributed by atoms with Gasteiger partial charge in [0.1, 0.15) is 18.2 Å². The van der Waals surface area contributed by atoms with E-state index in [1.165, 1.54) is 0 Å². The molecule has 0 fully saturated rings. The van der Waals surface area contributed by atoms with Gasteiger partial charge in [0, 0.05) is 23.4 Å². The molecule has 0 bridgehead atoms. The van der Waals surface area contributed by atoms with Gasteiger partial charge in [-0.15, -0.1) is 0 Å². The van der Waals surface area contributed by atoms with Crippen molar-refractivity contribution in [2.24, 2.45) is 11.1 Å². The van der Waals surface area contributed by atoms with Crippen LogP contribution in [-0.4, -0.2) is 5.78 Å². The summed E-state index contributed by atoms with van der Waals surface area (Å²) in [5.74, 6) is 0.484. The lowest BCUT2D eigenvalue weighted by Gasteiger charge is -2.44. The summed E-state index contributed by atoms with van der Waals surface area (Å²) < 4.78 is 6.08. The molecule has 6 heteroatoms. The van der Waals surface area contributed by atoms with Gasteiger partial charge in [-0.25, -0.2) is 0 Å². The molecule has 0 amide bonds. The first kappa shape index (κ1) is 27.6. The maximum absolute atomic E-state index is 14.0. The Morgan fingerprint density at radius 3 is 2.50 bits per heavy atom. The lowest BCUT2D eigenvalue weighted by molar-refractivity contribution is -0.118. The topological polar surface area (TPSA) is 79.3 Å². The molecule has 1 unspecified atom stereocenters. The van der Waals surface area contributed by atoms with Crippen LogP contribution in [0.1, 0.15) is 60.4 Å². The third-order valence-corrected chi connectivity index (χ3v) is 8.21. The Morgan fingerprint density at radius 2 is 1.80 bits per heavy atom. The number of benzene rings is 3. The monoisotopic (exact) mass is 551 g/mol. The molecule has 1 aliphatic heterocycles. The van der Waals surface area contributed by atoms with Gasteiger partial charge in [0.2, 0.25) is 0 Å². The Labute approximate surface area is 241 Å². The molecule has 3 aromatic rings. The molecule has 3 aromatic carbocycles. The molecule has 2 N–H and O–H groups in total. The lowest BCUT2D eigenvalue weighted by Crippen LogP contribution is -2.42. The normalized spacial score (nSPS) is 18.5. The third-order valence-electron chi connectivity index (χ3n) is 7.90. The Bertz CT molecular complexity index is 1630. The molecule has 0 saturated heterocycles. The van der Waals surface area contributed by atoms with E-state index in [0.29, 0.717) is 47.2 Å². The molecule has 0 aromatic heterocycles. The molecule has 2 aliphatic rings. The van der Waals surface area contributed by atoms with Gasteiger partial charge in [-0.1, -0.05) is 61.8 Å². The van der Waals surface area contributed by atoms with E-state index < -0.39 is 5.92 Å². The molecule has 1 heterocycles. The minimum atomic E-state index is -0.552. The SMILES string of the molecule is Cc1cccc(N2C(N)=C(C#N)C(c3cc(COc4ccccc4Cl)c(C)cc3C)C3=C2CC(C)(C)CC3=O)c1. The van der Waals surface area contributed by atoms with Gasteiger partial charge >= 0.3 is 0 Å². The van der Waals surface area contributed by atoms with Crippen molar-refractivity contribution in [2.75, 3.05) is 4.90 Å². The van der Waals surface area contributed by atoms with Crippen LogP contribution in [0.15, 0.2) is 83.3 Å². The summed E-state index contributed by atoms with van der Waals surface area (Å²) >= 11 is 6.32. The van der Waals surface area contributed by atoms with Gasteiger partial charge in [0.15, 0.2) is 5.78 Å². The first-order valence-electron chi connectivity index (χ1n) is 13.5. The number of hydrogen-bond donors (Lipinski definition) is 1. The highest BCUT2D eigenvalue weighted by molar-refractivity contribution is 6.32. The second kappa shape index (κ2) is 10.5. The molecule has 0 saturated carbocycles. The third kappa shape index (κ3) is 5.00. The standard InChI is InChI=1S/C34H34ClN3O2/c1-20-9-8-10-24(13-20)38-28-16-34(4,5)17-29(39)32(28)31(26(18-36)33(38)37)25-15-23(21(2)14-22(25)3)19-40-30-12-7-6-11-27(30)35/h6-15,31H,16-17,19,37H2,1-5H3. The zero-order valence-corrected chi connectivity index (χ0v) is 24.4. The summed E-state index contributed by atoms with van der Waals surface area (Å²) in [5, 5.41) is 11.0. The van der Waals surface area contributed by atoms with Crippen molar-refractivity contribution in [2.45, 2.75) is 60.0 Å². The number of allylic oxidation sites excluding steroid dienone is 3. The van der Waals surface area contributed by atoms with Crippen LogP contribution in [-0.2, 0) is 11.4 Å². The van der Waals surface area contributed by atoms with Crippen molar-refractivity contribution < 1.29 is 9.53 Å². The number of aryl methyl sites for hydroxylation is 3. The molecule has 40 heavy (non-hydrogen) atoms. The number of nitriles is 1. The first-order valence-corrected chi connectivity index (χ1v) is 13.9. The van der Waals surface area contributed by atoms with Gasteiger partial charge < -0.3 is 10.5 Å². The van der Waals surface area contributed by atoms with E-state index in [0.717, 1.165) is 39.2 Å². The number of ketones is 1. The minimum Gasteiger partial charge on any atom is -0.487 e. The number of para-hydroxylation sites is 1. The average molecular weight is 552 g/mol. The number of rotatable bonds is 5. The van der Waals surface area contributed by atoms with Crippen molar-refractivity contribution in [1.82, 2.24) is 0 Å². The number of Topliss-reactive ketones (excluding diaryl/α,β-unsaturated/α-hetero) is 1. The smallest absolute Gasteiger partial charge is 0.162 e. The molecule has 5 nitrogen and oxygen atoms in total. The molecule has 0 spiro atoms. The van der Waals surface area contributed by atoms with Gasteiger partial charge in [0.05, 0.1) is 22.6 Å². The van der Waals surface area contributed by atoms with Gasteiger partial charge in [0.25, 0.3) is 0 Å². The zero-order valence-electron chi connectivity index (χ0n) is 23.6. The zero-order chi connectivity index (χ0) is 28.8. The van der Waals surface area contributed by atoms with Gasteiger partial charge in [-0.3, -0.25) is 9.69 Å². The first-order chi connectivity index (χ1) is 19.0. The fourth-order valence-electron chi connectivity index (χ4n) is 5.98. The molecular formula is C34H34ClN3O2. The second-order valence-corrected chi connectivity index (χ2v) is 12.1. The molecule has 5 rings (SSSR count). The largest absolute Gasteiger partial charge is 0.487 e. The van der Waals surface area contributed by atoms with Gasteiger partial charge in [-0.2, -0.15) is 5.26 Å². The second-order valence-electron chi connectivity index (χ2n) is 11.7. The highest BCUT2D eigenvalue weighted by Crippen LogP contribution is 2.51. The number of carbonyl (C=O) groups is 1. The van der Waals surface area contributed by atoms with E-state index >= 15 is 0 Å². The van der Waals surface area contributed by atoms with Crippen LogP contribution in [0, 0.1) is 37.5 Å². The summed E-state index contributed by atoms with van der Waals surface area (Å²) in [5.41, 5.74) is 14.4. The Kier molecular flexibility index (Phi) is 7.25. The van der Waals surface area contributed by atoms with E-state index in [4.69, 9.17) is 22.1 Å². The number of carbonyl (C=O) groups excluding carboxylic acids is 1. The lowest BCUT2D eigenvalue weighted by atomic mass is 9.68. The van der Waals surface area contributed by atoms with Crippen molar-refractivity contribution in [1.29, 1.82) is 5.26 Å². The highest BCUT2D eigenvalue weighted by atomic mass is 35.5. The summed E-state index contributed by atoms with van der Waals surface area (Å²) in [4.78, 5) is 15.9. The summed E-state index contributed by atoms with van der Waals surface area (Å²) in [7, 11) is 0. The maximum atomic E-state index is 14.0. The predicted molar refractivity (Wildman–Crippen MR) is 160 cm³/mol. The van der Waals surface area contributed by atoms with E-state index in [2.05, 4.69) is 32.0 Å². The van der Waals surface area contributed by atoms with Crippen LogP contribution in [0.25, 0.3) is 0 Å². The fourth-order valence-corrected chi connectivity index (χ4v) is 6.17. The quantitative estimate of drug-likeness (QED) is 0.350. The molecule has 1 atom stereocenters. The number of ether oxygens (including phenoxy) is 1. The van der Waals surface area contributed by atoms with E-state index in [9.17, 15) is 10.1 Å². The average Bonchev–Trinajstić information content (AvgIpc) is 2.88. The van der Waals surface area contributed by atoms with Crippen LogP contribution in [0.3, 0.4) is 0 Å². The number of nitrogens with zero attached hydrogens (tertiary/aromatic N) is 2. The van der Waals surface area contributed by atoms with Crippen LogP contribution < -0.4 is 15.4 Å². The van der Waals surface area contributed by atoms with E-state index in [1.807, 2.05) is 68.1 Å².